The van der Waals surface area contributed by atoms with E-state index >= 15 is 0 Å². The van der Waals surface area contributed by atoms with Gasteiger partial charge in [-0.05, 0) is 49.3 Å². The van der Waals surface area contributed by atoms with Gasteiger partial charge in [-0.15, -0.1) is 12.4 Å². The highest BCUT2D eigenvalue weighted by Gasteiger charge is 2.20. The number of aryl methyl sites for hydroxylation is 2. The second-order valence-corrected chi connectivity index (χ2v) is 6.18. The van der Waals surface area contributed by atoms with Gasteiger partial charge in [0.2, 0.25) is 5.91 Å². The lowest BCUT2D eigenvalue weighted by molar-refractivity contribution is -0.131. The third-order valence-corrected chi connectivity index (χ3v) is 4.49. The van der Waals surface area contributed by atoms with Gasteiger partial charge in [-0.2, -0.15) is 0 Å². The van der Waals surface area contributed by atoms with E-state index in [2.05, 4.69) is 30.4 Å². The molecule has 0 bridgehead atoms. The first-order valence-electron chi connectivity index (χ1n) is 7.84. The van der Waals surface area contributed by atoms with Crippen LogP contribution in [0.2, 0.25) is 0 Å². The van der Waals surface area contributed by atoms with Crippen LogP contribution >= 0.6 is 12.4 Å². The molecule has 0 aromatic heterocycles. The quantitative estimate of drug-likeness (QED) is 0.909. The Labute approximate surface area is 133 Å². The van der Waals surface area contributed by atoms with Gasteiger partial charge in [-0.1, -0.05) is 18.2 Å². The van der Waals surface area contributed by atoms with Crippen LogP contribution < -0.4 is 5.32 Å². The van der Waals surface area contributed by atoms with Crippen molar-refractivity contribution in [3.05, 3.63) is 34.9 Å². The maximum atomic E-state index is 12.4. The van der Waals surface area contributed by atoms with E-state index in [1.807, 2.05) is 4.90 Å². The summed E-state index contributed by atoms with van der Waals surface area (Å²) in [5, 5.41) is 3.38. The zero-order valence-electron chi connectivity index (χ0n) is 12.7. The maximum absolute atomic E-state index is 12.4. The Morgan fingerprint density at radius 1 is 1.29 bits per heavy atom. The summed E-state index contributed by atoms with van der Waals surface area (Å²) in [6, 6.07) is 7.06. The molecule has 4 heteroatoms. The SMILES string of the molecule is CC1CN(C(=O)Cc2ccc3c(c2)CCCC3)CCN1.Cl. The topological polar surface area (TPSA) is 32.3 Å². The minimum atomic E-state index is 0. The minimum Gasteiger partial charge on any atom is -0.340 e. The molecule has 1 aliphatic carbocycles. The van der Waals surface area contributed by atoms with Crippen LogP contribution in [0.4, 0.5) is 0 Å². The van der Waals surface area contributed by atoms with Crippen LogP contribution in [0.25, 0.3) is 0 Å². The second-order valence-electron chi connectivity index (χ2n) is 6.18. The molecule has 1 heterocycles. The molecule has 1 aliphatic heterocycles. The molecule has 3 rings (SSSR count). The summed E-state index contributed by atoms with van der Waals surface area (Å²) in [5.74, 6) is 0.272. The van der Waals surface area contributed by atoms with Crippen LogP contribution in [0, 0.1) is 0 Å². The van der Waals surface area contributed by atoms with Gasteiger partial charge in [0.05, 0.1) is 6.42 Å². The first kappa shape index (κ1) is 16.3. The fourth-order valence-corrected chi connectivity index (χ4v) is 3.34. The molecule has 1 atom stereocenters. The van der Waals surface area contributed by atoms with Gasteiger partial charge in [0.25, 0.3) is 0 Å². The van der Waals surface area contributed by atoms with E-state index < -0.39 is 0 Å². The Kier molecular flexibility index (Phi) is 5.65. The minimum absolute atomic E-state index is 0. The van der Waals surface area contributed by atoms with Gasteiger partial charge >= 0.3 is 0 Å². The van der Waals surface area contributed by atoms with Gasteiger partial charge in [-0.25, -0.2) is 0 Å². The summed E-state index contributed by atoms with van der Waals surface area (Å²) in [6.07, 6.45) is 5.55. The molecule has 1 fully saturated rings. The van der Waals surface area contributed by atoms with E-state index in [0.717, 1.165) is 19.6 Å². The Morgan fingerprint density at radius 2 is 2.05 bits per heavy atom. The van der Waals surface area contributed by atoms with Crippen molar-refractivity contribution in [3.63, 3.8) is 0 Å². The van der Waals surface area contributed by atoms with E-state index in [1.54, 1.807) is 0 Å². The number of carbonyl (C=O) groups excluding carboxylic acids is 1. The highest BCUT2D eigenvalue weighted by atomic mass is 35.5. The predicted molar refractivity (Wildman–Crippen MR) is 88.1 cm³/mol. The number of carbonyl (C=O) groups is 1. The van der Waals surface area contributed by atoms with Crippen molar-refractivity contribution in [3.8, 4) is 0 Å². The Morgan fingerprint density at radius 3 is 2.81 bits per heavy atom. The van der Waals surface area contributed by atoms with Gasteiger partial charge in [0, 0.05) is 25.7 Å². The Hall–Kier alpha value is -1.06. The number of amides is 1. The lowest BCUT2D eigenvalue weighted by atomic mass is 9.90. The van der Waals surface area contributed by atoms with Crippen molar-refractivity contribution in [2.45, 2.75) is 45.1 Å². The van der Waals surface area contributed by atoms with Crippen LogP contribution in [-0.2, 0) is 24.1 Å². The average Bonchev–Trinajstić information content (AvgIpc) is 2.47. The van der Waals surface area contributed by atoms with Gasteiger partial charge in [-0.3, -0.25) is 4.79 Å². The smallest absolute Gasteiger partial charge is 0.227 e. The third-order valence-electron chi connectivity index (χ3n) is 4.49. The fourth-order valence-electron chi connectivity index (χ4n) is 3.34. The van der Waals surface area contributed by atoms with E-state index in [0.29, 0.717) is 12.5 Å². The summed E-state index contributed by atoms with van der Waals surface area (Å²) in [6.45, 7) is 4.73. The predicted octanol–water partition coefficient (Wildman–Crippen LogP) is 2.35. The average molecular weight is 309 g/mol. The third kappa shape index (κ3) is 3.98. The number of hydrogen-bond acceptors (Lipinski definition) is 2. The monoisotopic (exact) mass is 308 g/mol. The molecule has 116 valence electrons. The molecular weight excluding hydrogens is 284 g/mol. The van der Waals surface area contributed by atoms with E-state index in [-0.39, 0.29) is 18.3 Å². The van der Waals surface area contributed by atoms with Crippen LogP contribution in [-0.4, -0.2) is 36.5 Å². The largest absolute Gasteiger partial charge is 0.340 e. The number of hydrogen-bond donors (Lipinski definition) is 1. The molecule has 2 aliphatic rings. The standard InChI is InChI=1S/C17H24N2O.ClH/c1-13-12-19(9-8-18-13)17(20)11-14-6-7-15-4-2-3-5-16(15)10-14;/h6-7,10,13,18H,2-5,8-9,11-12H2,1H3;1H. The molecule has 1 amide bonds. The second kappa shape index (κ2) is 7.28. The first-order chi connectivity index (χ1) is 9.72. The summed E-state index contributed by atoms with van der Waals surface area (Å²) in [7, 11) is 0. The number of nitrogens with zero attached hydrogens (tertiary/aromatic N) is 1. The van der Waals surface area contributed by atoms with E-state index in [4.69, 9.17) is 0 Å². The van der Waals surface area contributed by atoms with Crippen LogP contribution in [0.3, 0.4) is 0 Å². The van der Waals surface area contributed by atoms with Crippen molar-refractivity contribution in [2.75, 3.05) is 19.6 Å². The van der Waals surface area contributed by atoms with E-state index in [9.17, 15) is 4.79 Å². The number of nitrogens with one attached hydrogen (secondary N) is 1. The normalized spacial score (nSPS) is 21.4. The molecular formula is C17H25ClN2O. The van der Waals surface area contributed by atoms with Crippen molar-refractivity contribution < 1.29 is 4.79 Å². The van der Waals surface area contributed by atoms with Gasteiger partial charge < -0.3 is 10.2 Å². The fraction of sp³-hybridized carbons (Fsp3) is 0.588. The van der Waals surface area contributed by atoms with E-state index in [1.165, 1.54) is 42.4 Å². The maximum Gasteiger partial charge on any atom is 0.227 e. The van der Waals surface area contributed by atoms with Crippen molar-refractivity contribution in [1.82, 2.24) is 10.2 Å². The van der Waals surface area contributed by atoms with Crippen LogP contribution in [0.5, 0.6) is 0 Å². The Bertz CT molecular complexity index is 504. The highest BCUT2D eigenvalue weighted by molar-refractivity contribution is 5.85. The number of piperazine rings is 1. The van der Waals surface area contributed by atoms with Crippen LogP contribution in [0.15, 0.2) is 18.2 Å². The summed E-state index contributed by atoms with van der Waals surface area (Å²) in [4.78, 5) is 14.4. The molecule has 0 spiro atoms. The van der Waals surface area contributed by atoms with Crippen molar-refractivity contribution in [1.29, 1.82) is 0 Å². The first-order valence-corrected chi connectivity index (χ1v) is 7.84. The lowest BCUT2D eigenvalue weighted by Gasteiger charge is -2.32. The molecule has 1 aromatic rings. The zero-order chi connectivity index (χ0) is 13.9. The summed E-state index contributed by atoms with van der Waals surface area (Å²) < 4.78 is 0. The number of fused-ring (bicyclic) bond motifs is 1. The molecule has 0 saturated carbocycles. The zero-order valence-corrected chi connectivity index (χ0v) is 13.5. The lowest BCUT2D eigenvalue weighted by Crippen LogP contribution is -2.51. The molecule has 1 saturated heterocycles. The molecule has 0 radical (unpaired) electrons. The molecule has 21 heavy (non-hydrogen) atoms. The molecule has 1 aromatic carbocycles. The Balaban J connectivity index is 0.00000161. The number of halogens is 1. The number of benzene rings is 1. The molecule has 1 N–H and O–H groups in total. The highest BCUT2D eigenvalue weighted by Crippen LogP contribution is 2.22. The van der Waals surface area contributed by atoms with Crippen LogP contribution in [0.1, 0.15) is 36.5 Å². The molecule has 3 nitrogen and oxygen atoms in total. The number of rotatable bonds is 2. The van der Waals surface area contributed by atoms with Gasteiger partial charge in [0.1, 0.15) is 0 Å². The summed E-state index contributed by atoms with van der Waals surface area (Å²) >= 11 is 0. The van der Waals surface area contributed by atoms with Crippen molar-refractivity contribution >= 4 is 18.3 Å². The van der Waals surface area contributed by atoms with Crippen molar-refractivity contribution in [2.24, 2.45) is 0 Å². The molecule has 1 unspecified atom stereocenters. The van der Waals surface area contributed by atoms with Gasteiger partial charge in [0.15, 0.2) is 0 Å². The summed E-state index contributed by atoms with van der Waals surface area (Å²) in [5.41, 5.74) is 4.14.